The maximum Gasteiger partial charge on any atom is 0.252 e. The molecule has 1 aromatic carbocycles. The number of nitrogens with zero attached hydrogens (tertiary/aromatic N) is 3. The zero-order valence-corrected chi connectivity index (χ0v) is 18.3. The fourth-order valence-corrected chi connectivity index (χ4v) is 4.66. The summed E-state index contributed by atoms with van der Waals surface area (Å²) in [7, 11) is 3.25. The van der Waals surface area contributed by atoms with Crippen LogP contribution in [0.25, 0.3) is 0 Å². The first-order chi connectivity index (χ1) is 15.1. The highest BCUT2D eigenvalue weighted by Gasteiger charge is 2.41. The van der Waals surface area contributed by atoms with E-state index in [1.807, 2.05) is 29.2 Å². The molecule has 2 saturated heterocycles. The van der Waals surface area contributed by atoms with Gasteiger partial charge < -0.3 is 23.6 Å². The van der Waals surface area contributed by atoms with Gasteiger partial charge >= 0.3 is 0 Å². The molecule has 0 bridgehead atoms. The standard InChI is InChI=1S/C23H31N3O5/c1-28-16-21-24-20(25-31-21)13-18-7-12-30-23(15-18)8-10-26(11-9-23)22(27)14-17-3-5-19(29-2)6-4-17/h3-6,18H,7-16H2,1-2H3. The molecule has 4 rings (SSSR count). The predicted octanol–water partition coefficient (Wildman–Crippen LogP) is 2.80. The van der Waals surface area contributed by atoms with Gasteiger partial charge in [-0.1, -0.05) is 17.3 Å². The average molecular weight is 430 g/mol. The molecule has 8 nitrogen and oxygen atoms in total. The molecule has 0 saturated carbocycles. The Hall–Kier alpha value is -2.45. The van der Waals surface area contributed by atoms with Crippen molar-refractivity contribution < 1.29 is 23.5 Å². The van der Waals surface area contributed by atoms with Gasteiger partial charge in [0.2, 0.25) is 5.91 Å². The number of ether oxygens (including phenoxy) is 3. The molecule has 2 aliphatic heterocycles. The Morgan fingerprint density at radius 2 is 2.00 bits per heavy atom. The SMILES string of the molecule is COCc1nc(CC2CCOC3(CCN(C(=O)Cc4ccc(OC)cc4)CC3)C2)no1. The molecule has 2 aromatic rings. The lowest BCUT2D eigenvalue weighted by Crippen LogP contribution is -2.51. The summed E-state index contributed by atoms with van der Waals surface area (Å²) in [4.78, 5) is 19.2. The van der Waals surface area contributed by atoms with Crippen molar-refractivity contribution in [3.63, 3.8) is 0 Å². The van der Waals surface area contributed by atoms with Crippen molar-refractivity contribution in [2.75, 3.05) is 33.9 Å². The minimum absolute atomic E-state index is 0.140. The monoisotopic (exact) mass is 429 g/mol. The van der Waals surface area contributed by atoms with Gasteiger partial charge in [0.15, 0.2) is 5.82 Å². The highest BCUT2D eigenvalue weighted by molar-refractivity contribution is 5.79. The Balaban J connectivity index is 1.28. The fourth-order valence-electron chi connectivity index (χ4n) is 4.66. The van der Waals surface area contributed by atoms with Crippen molar-refractivity contribution in [1.29, 1.82) is 0 Å². The Bertz CT molecular complexity index is 858. The number of hydrogen-bond acceptors (Lipinski definition) is 7. The van der Waals surface area contributed by atoms with Crippen molar-refractivity contribution in [2.24, 2.45) is 5.92 Å². The van der Waals surface area contributed by atoms with E-state index in [2.05, 4.69) is 10.1 Å². The second-order valence-electron chi connectivity index (χ2n) is 8.54. The topological polar surface area (TPSA) is 86.9 Å². The van der Waals surface area contributed by atoms with Gasteiger partial charge in [-0.25, -0.2) is 0 Å². The van der Waals surface area contributed by atoms with E-state index >= 15 is 0 Å². The molecule has 3 heterocycles. The van der Waals surface area contributed by atoms with E-state index in [-0.39, 0.29) is 11.5 Å². The molecule has 0 radical (unpaired) electrons. The molecular formula is C23H31N3O5. The van der Waals surface area contributed by atoms with E-state index < -0.39 is 0 Å². The summed E-state index contributed by atoms with van der Waals surface area (Å²) < 4.78 is 21.7. The normalized spacial score (nSPS) is 20.7. The molecule has 0 N–H and O–H groups in total. The van der Waals surface area contributed by atoms with Gasteiger partial charge in [0.1, 0.15) is 12.4 Å². The maximum absolute atomic E-state index is 12.8. The molecule has 8 heteroatoms. The zero-order valence-electron chi connectivity index (χ0n) is 18.3. The van der Waals surface area contributed by atoms with Crippen LogP contribution in [0, 0.1) is 5.92 Å². The van der Waals surface area contributed by atoms with Crippen molar-refractivity contribution in [3.05, 3.63) is 41.5 Å². The molecule has 2 aliphatic rings. The average Bonchev–Trinajstić information content (AvgIpc) is 3.22. The number of amides is 1. The number of carbonyl (C=O) groups is 1. The van der Waals surface area contributed by atoms with Crippen LogP contribution in [0.5, 0.6) is 5.75 Å². The van der Waals surface area contributed by atoms with E-state index in [9.17, 15) is 4.79 Å². The second-order valence-corrected chi connectivity index (χ2v) is 8.54. The molecule has 1 aromatic heterocycles. The lowest BCUT2D eigenvalue weighted by atomic mass is 9.78. The Kier molecular flexibility index (Phi) is 6.87. The molecule has 168 valence electrons. The third-order valence-electron chi connectivity index (χ3n) is 6.39. The van der Waals surface area contributed by atoms with E-state index in [1.165, 1.54) is 0 Å². The van der Waals surface area contributed by atoms with Gasteiger partial charge in [-0.15, -0.1) is 0 Å². The number of likely N-dealkylation sites (tertiary alicyclic amines) is 1. The number of methoxy groups -OCH3 is 2. The van der Waals surface area contributed by atoms with E-state index in [1.54, 1.807) is 14.2 Å². The van der Waals surface area contributed by atoms with Gasteiger partial charge in [-0.05, 0) is 49.3 Å². The van der Waals surface area contributed by atoms with Crippen LogP contribution in [0.1, 0.15) is 43.0 Å². The summed E-state index contributed by atoms with van der Waals surface area (Å²) in [5.74, 6) is 2.69. The summed E-state index contributed by atoms with van der Waals surface area (Å²) in [5.41, 5.74) is 0.867. The van der Waals surface area contributed by atoms with Crippen LogP contribution in [0.4, 0.5) is 0 Å². The summed E-state index contributed by atoms with van der Waals surface area (Å²) in [6, 6.07) is 7.69. The van der Waals surface area contributed by atoms with Crippen molar-refractivity contribution >= 4 is 5.91 Å². The lowest BCUT2D eigenvalue weighted by Gasteiger charge is -2.46. The molecule has 1 amide bonds. The fraction of sp³-hybridized carbons (Fsp3) is 0.609. The smallest absolute Gasteiger partial charge is 0.252 e. The highest BCUT2D eigenvalue weighted by atomic mass is 16.5. The van der Waals surface area contributed by atoms with Crippen LogP contribution in [-0.4, -0.2) is 60.5 Å². The summed E-state index contributed by atoms with van der Waals surface area (Å²) in [5, 5.41) is 4.08. The highest BCUT2D eigenvalue weighted by Crippen LogP contribution is 2.38. The minimum atomic E-state index is -0.140. The quantitative estimate of drug-likeness (QED) is 0.669. The number of hydrogen-bond donors (Lipinski definition) is 0. The molecule has 1 unspecified atom stereocenters. The number of rotatable bonds is 7. The van der Waals surface area contributed by atoms with Gasteiger partial charge in [-0.3, -0.25) is 4.79 Å². The summed E-state index contributed by atoms with van der Waals surface area (Å²) in [6.45, 7) is 2.56. The van der Waals surface area contributed by atoms with E-state index in [0.717, 1.165) is 68.9 Å². The molecule has 0 aliphatic carbocycles. The van der Waals surface area contributed by atoms with Gasteiger partial charge in [0.25, 0.3) is 5.89 Å². The first-order valence-electron chi connectivity index (χ1n) is 10.9. The van der Waals surface area contributed by atoms with Gasteiger partial charge in [-0.2, -0.15) is 4.98 Å². The van der Waals surface area contributed by atoms with E-state index in [0.29, 0.717) is 24.8 Å². The first kappa shape index (κ1) is 21.8. The molecular weight excluding hydrogens is 398 g/mol. The van der Waals surface area contributed by atoms with Crippen LogP contribution in [0.2, 0.25) is 0 Å². The number of aromatic nitrogens is 2. The minimum Gasteiger partial charge on any atom is -0.497 e. The number of piperidine rings is 1. The summed E-state index contributed by atoms with van der Waals surface area (Å²) in [6.07, 6.45) is 4.93. The third-order valence-corrected chi connectivity index (χ3v) is 6.39. The second kappa shape index (κ2) is 9.78. The molecule has 1 spiro atoms. The maximum atomic E-state index is 12.8. The Morgan fingerprint density at radius 1 is 1.23 bits per heavy atom. The molecule has 31 heavy (non-hydrogen) atoms. The third kappa shape index (κ3) is 5.43. The van der Waals surface area contributed by atoms with Crippen molar-refractivity contribution in [3.8, 4) is 5.75 Å². The van der Waals surface area contributed by atoms with Crippen LogP contribution in [-0.2, 0) is 33.7 Å². The van der Waals surface area contributed by atoms with Crippen LogP contribution >= 0.6 is 0 Å². The Labute approximate surface area is 182 Å². The van der Waals surface area contributed by atoms with Gasteiger partial charge in [0, 0.05) is 33.2 Å². The van der Waals surface area contributed by atoms with Crippen LogP contribution in [0.15, 0.2) is 28.8 Å². The lowest BCUT2D eigenvalue weighted by molar-refractivity contribution is -0.146. The largest absolute Gasteiger partial charge is 0.497 e. The number of carbonyl (C=O) groups excluding carboxylic acids is 1. The van der Waals surface area contributed by atoms with Crippen molar-refractivity contribution in [2.45, 2.75) is 50.7 Å². The van der Waals surface area contributed by atoms with Crippen LogP contribution < -0.4 is 4.74 Å². The molecule has 2 fully saturated rings. The van der Waals surface area contributed by atoms with Gasteiger partial charge in [0.05, 0.1) is 19.1 Å². The molecule has 1 atom stereocenters. The number of benzene rings is 1. The predicted molar refractivity (Wildman–Crippen MR) is 113 cm³/mol. The van der Waals surface area contributed by atoms with E-state index in [4.69, 9.17) is 18.7 Å². The first-order valence-corrected chi connectivity index (χ1v) is 10.9. The van der Waals surface area contributed by atoms with Crippen molar-refractivity contribution in [1.82, 2.24) is 15.0 Å². The Morgan fingerprint density at radius 3 is 2.71 bits per heavy atom. The zero-order chi connectivity index (χ0) is 21.7. The summed E-state index contributed by atoms with van der Waals surface area (Å²) >= 11 is 0. The van der Waals surface area contributed by atoms with Crippen LogP contribution in [0.3, 0.4) is 0 Å².